The molecule has 0 fully saturated rings. The van der Waals surface area contributed by atoms with Crippen molar-refractivity contribution in [2.45, 2.75) is 4.90 Å². The highest BCUT2D eigenvalue weighted by Gasteiger charge is 2.20. The van der Waals surface area contributed by atoms with Gasteiger partial charge >= 0.3 is 10.1 Å². The van der Waals surface area contributed by atoms with E-state index < -0.39 is 10.1 Å². The summed E-state index contributed by atoms with van der Waals surface area (Å²) in [6.45, 7) is 4.10. The molecule has 23 heavy (non-hydrogen) atoms. The van der Waals surface area contributed by atoms with E-state index >= 15 is 0 Å². The van der Waals surface area contributed by atoms with E-state index in [0.717, 1.165) is 0 Å². The van der Waals surface area contributed by atoms with E-state index in [0.29, 0.717) is 6.54 Å². The molecule has 6 heteroatoms. The first-order chi connectivity index (χ1) is 11.0. The van der Waals surface area contributed by atoms with Gasteiger partial charge in [-0.15, -0.1) is 6.58 Å². The molecule has 0 heterocycles. The number of carbonyl (C=O) groups is 1. The molecule has 2 aromatic carbocycles. The maximum absolute atomic E-state index is 12.3. The van der Waals surface area contributed by atoms with Crippen LogP contribution in [0.25, 0.3) is 0 Å². The molecule has 0 radical (unpaired) electrons. The van der Waals surface area contributed by atoms with Crippen LogP contribution in [0, 0.1) is 0 Å². The van der Waals surface area contributed by atoms with Crippen LogP contribution >= 0.6 is 0 Å². The van der Waals surface area contributed by atoms with E-state index in [4.69, 9.17) is 4.18 Å². The van der Waals surface area contributed by atoms with Crippen molar-refractivity contribution < 1.29 is 17.4 Å². The van der Waals surface area contributed by atoms with Gasteiger partial charge in [-0.1, -0.05) is 36.4 Å². The number of rotatable bonds is 8. The Kier molecular flexibility index (Phi) is 5.67. The minimum absolute atomic E-state index is 0.0155. The van der Waals surface area contributed by atoms with Gasteiger partial charge in [-0.25, -0.2) is 0 Å². The molecule has 0 saturated carbocycles. The first-order valence-electron chi connectivity index (χ1n) is 6.98. The van der Waals surface area contributed by atoms with Gasteiger partial charge in [0.25, 0.3) is 0 Å². The molecular weight excluding hydrogens is 314 g/mol. The van der Waals surface area contributed by atoms with Crippen LogP contribution in [-0.2, 0) is 10.1 Å². The minimum atomic E-state index is -3.98. The van der Waals surface area contributed by atoms with Gasteiger partial charge in [-0.3, -0.25) is 4.79 Å². The standard InChI is InChI=1S/C17H17NO4S/c1-2-12-18-13-16(19)15-10-6-7-11-17(15)22-23(20,21)14-8-4-3-5-9-14/h2-11,18H,1,12-13H2. The van der Waals surface area contributed by atoms with Crippen molar-refractivity contribution in [1.29, 1.82) is 0 Å². The molecule has 1 N–H and O–H groups in total. The molecule has 0 aromatic heterocycles. The van der Waals surface area contributed by atoms with Gasteiger partial charge in [0.2, 0.25) is 0 Å². The average molecular weight is 331 g/mol. The molecule has 0 atom stereocenters. The Labute approximate surface area is 135 Å². The van der Waals surface area contributed by atoms with E-state index in [9.17, 15) is 13.2 Å². The number of nitrogens with one attached hydrogen (secondary N) is 1. The van der Waals surface area contributed by atoms with Crippen molar-refractivity contribution in [2.75, 3.05) is 13.1 Å². The molecule has 2 rings (SSSR count). The van der Waals surface area contributed by atoms with Crippen molar-refractivity contribution >= 4 is 15.9 Å². The van der Waals surface area contributed by atoms with E-state index in [1.54, 1.807) is 36.4 Å². The van der Waals surface area contributed by atoms with Crippen LogP contribution in [0.3, 0.4) is 0 Å². The van der Waals surface area contributed by atoms with Crippen LogP contribution in [0.15, 0.2) is 72.1 Å². The largest absolute Gasteiger partial charge is 0.378 e. The maximum Gasteiger partial charge on any atom is 0.339 e. The predicted molar refractivity (Wildman–Crippen MR) is 88.1 cm³/mol. The average Bonchev–Trinajstić information content (AvgIpc) is 2.56. The van der Waals surface area contributed by atoms with Crippen molar-refractivity contribution in [3.8, 4) is 5.75 Å². The lowest BCUT2D eigenvalue weighted by Crippen LogP contribution is -2.23. The Balaban J connectivity index is 2.24. The number of hydrogen-bond donors (Lipinski definition) is 1. The molecule has 0 unspecified atom stereocenters. The van der Waals surface area contributed by atoms with Gasteiger partial charge in [0.1, 0.15) is 4.90 Å². The topological polar surface area (TPSA) is 72.5 Å². The van der Waals surface area contributed by atoms with Crippen LogP contribution in [0.4, 0.5) is 0 Å². The number of para-hydroxylation sites is 1. The summed E-state index contributed by atoms with van der Waals surface area (Å²) in [7, 11) is -3.98. The number of ketones is 1. The highest BCUT2D eigenvalue weighted by molar-refractivity contribution is 7.87. The summed E-state index contributed by atoms with van der Waals surface area (Å²) < 4.78 is 29.7. The Morgan fingerprint density at radius 3 is 2.43 bits per heavy atom. The third-order valence-electron chi connectivity index (χ3n) is 2.99. The fourth-order valence-electron chi connectivity index (χ4n) is 1.91. The van der Waals surface area contributed by atoms with Crippen molar-refractivity contribution in [2.24, 2.45) is 0 Å². The summed E-state index contributed by atoms with van der Waals surface area (Å²) in [6, 6.07) is 14.1. The summed E-state index contributed by atoms with van der Waals surface area (Å²) in [4.78, 5) is 12.2. The highest BCUT2D eigenvalue weighted by atomic mass is 32.2. The second kappa shape index (κ2) is 7.71. The molecule has 0 aliphatic carbocycles. The monoisotopic (exact) mass is 331 g/mol. The van der Waals surface area contributed by atoms with Crippen LogP contribution in [0.2, 0.25) is 0 Å². The fraction of sp³-hybridized carbons (Fsp3) is 0.118. The molecule has 120 valence electrons. The van der Waals surface area contributed by atoms with Crippen LogP contribution in [0.5, 0.6) is 5.75 Å². The van der Waals surface area contributed by atoms with E-state index in [1.165, 1.54) is 24.3 Å². The number of carbonyl (C=O) groups excluding carboxylic acids is 1. The maximum atomic E-state index is 12.3. The third kappa shape index (κ3) is 4.51. The summed E-state index contributed by atoms with van der Waals surface area (Å²) in [5.74, 6) is -0.243. The molecule has 5 nitrogen and oxygen atoms in total. The summed E-state index contributed by atoms with van der Waals surface area (Å²) in [6.07, 6.45) is 1.63. The Morgan fingerprint density at radius 1 is 1.09 bits per heavy atom. The van der Waals surface area contributed by atoms with Gasteiger partial charge in [-0.05, 0) is 24.3 Å². The SMILES string of the molecule is C=CCNCC(=O)c1ccccc1OS(=O)(=O)c1ccccc1. The van der Waals surface area contributed by atoms with Crippen molar-refractivity contribution in [3.63, 3.8) is 0 Å². The molecular formula is C17H17NO4S. The first-order valence-corrected chi connectivity index (χ1v) is 8.39. The van der Waals surface area contributed by atoms with Gasteiger partial charge in [0.05, 0.1) is 12.1 Å². The Bertz CT molecular complexity index is 785. The number of Topliss-reactive ketones (excluding diaryl/α,β-unsaturated/α-hetero) is 1. The Hall–Kier alpha value is -2.44. The zero-order chi connectivity index (χ0) is 16.7. The molecule has 0 spiro atoms. The van der Waals surface area contributed by atoms with Crippen LogP contribution in [0.1, 0.15) is 10.4 Å². The van der Waals surface area contributed by atoms with Gasteiger partial charge < -0.3 is 9.50 Å². The number of benzene rings is 2. The van der Waals surface area contributed by atoms with Crippen LogP contribution < -0.4 is 9.50 Å². The molecule has 2 aromatic rings. The van der Waals surface area contributed by atoms with E-state index in [1.807, 2.05) is 0 Å². The molecule has 0 amide bonds. The van der Waals surface area contributed by atoms with Crippen LogP contribution in [-0.4, -0.2) is 27.3 Å². The normalized spacial score (nSPS) is 11.0. The lowest BCUT2D eigenvalue weighted by atomic mass is 10.1. The predicted octanol–water partition coefficient (Wildman–Crippen LogP) is 2.41. The fourth-order valence-corrected chi connectivity index (χ4v) is 2.87. The first kappa shape index (κ1) is 16.9. The second-order valence-electron chi connectivity index (χ2n) is 4.69. The van der Waals surface area contributed by atoms with E-state index in [-0.39, 0.29) is 28.5 Å². The van der Waals surface area contributed by atoms with Gasteiger partial charge in [-0.2, -0.15) is 8.42 Å². The molecule has 0 aliphatic rings. The second-order valence-corrected chi connectivity index (χ2v) is 6.24. The highest BCUT2D eigenvalue weighted by Crippen LogP contribution is 2.23. The van der Waals surface area contributed by atoms with E-state index in [2.05, 4.69) is 11.9 Å². The molecule has 0 saturated heterocycles. The molecule has 0 bridgehead atoms. The van der Waals surface area contributed by atoms with Crippen molar-refractivity contribution in [3.05, 3.63) is 72.8 Å². The minimum Gasteiger partial charge on any atom is -0.378 e. The smallest absolute Gasteiger partial charge is 0.339 e. The lowest BCUT2D eigenvalue weighted by molar-refractivity contribution is 0.0991. The Morgan fingerprint density at radius 2 is 1.74 bits per heavy atom. The van der Waals surface area contributed by atoms with Gasteiger partial charge in [0.15, 0.2) is 11.5 Å². The molecule has 0 aliphatic heterocycles. The van der Waals surface area contributed by atoms with Crippen molar-refractivity contribution in [1.82, 2.24) is 5.32 Å². The summed E-state index contributed by atoms with van der Waals surface area (Å²) >= 11 is 0. The zero-order valence-corrected chi connectivity index (χ0v) is 13.3. The number of hydrogen-bond acceptors (Lipinski definition) is 5. The van der Waals surface area contributed by atoms with Gasteiger partial charge in [0, 0.05) is 6.54 Å². The quantitative estimate of drug-likeness (QED) is 0.348. The lowest BCUT2D eigenvalue weighted by Gasteiger charge is -2.11. The summed E-state index contributed by atoms with van der Waals surface area (Å²) in [5.41, 5.74) is 0.212. The zero-order valence-electron chi connectivity index (χ0n) is 12.4. The summed E-state index contributed by atoms with van der Waals surface area (Å²) in [5, 5.41) is 2.88. The third-order valence-corrected chi connectivity index (χ3v) is 4.24.